The van der Waals surface area contributed by atoms with Gasteiger partial charge < -0.3 is 14.8 Å². The van der Waals surface area contributed by atoms with Crippen LogP contribution in [0.1, 0.15) is 43.0 Å². The third kappa shape index (κ3) is 3.43. The third-order valence-electron chi connectivity index (χ3n) is 3.88. The first kappa shape index (κ1) is 16.8. The summed E-state index contributed by atoms with van der Waals surface area (Å²) >= 11 is 1.68. The second-order valence-corrected chi connectivity index (χ2v) is 8.66. The number of nitrogens with two attached hydrogens (primary N) is 1. The molecule has 0 aliphatic heterocycles. The standard InChI is InChI=1S/C15H22N3O3PS/c1-3-20-22(19,21-4-2)9-12-17-14(16)13-10-7-5-6-8-11(10)23-15(13)18-12/h3-9H2,1-2H3,(H2,16,17,18). The largest absolute Gasteiger partial charge is 0.383 e. The van der Waals surface area contributed by atoms with Crippen molar-refractivity contribution in [2.24, 2.45) is 0 Å². The normalized spacial score (nSPS) is 15.0. The van der Waals surface area contributed by atoms with E-state index in [1.807, 2.05) is 0 Å². The van der Waals surface area contributed by atoms with E-state index in [1.54, 1.807) is 25.2 Å². The van der Waals surface area contributed by atoms with E-state index in [-0.39, 0.29) is 6.16 Å². The molecule has 0 bridgehead atoms. The predicted molar refractivity (Wildman–Crippen MR) is 93.0 cm³/mol. The second kappa shape index (κ2) is 6.85. The lowest BCUT2D eigenvalue weighted by atomic mass is 9.97. The van der Waals surface area contributed by atoms with E-state index in [0.29, 0.717) is 24.9 Å². The number of hydrogen-bond acceptors (Lipinski definition) is 7. The SMILES string of the molecule is CCOP(=O)(Cc1nc(N)c2c3c(sc2n1)CCCC3)OCC. The number of nitrogen functional groups attached to an aromatic ring is 1. The summed E-state index contributed by atoms with van der Waals surface area (Å²) in [5.41, 5.74) is 7.48. The molecule has 3 rings (SSSR count). The summed E-state index contributed by atoms with van der Waals surface area (Å²) in [6, 6.07) is 0. The molecule has 6 nitrogen and oxygen atoms in total. The first-order chi connectivity index (χ1) is 11.1. The Morgan fingerprint density at radius 3 is 2.57 bits per heavy atom. The molecule has 0 atom stereocenters. The molecule has 1 aliphatic rings. The van der Waals surface area contributed by atoms with Crippen LogP contribution in [0.15, 0.2) is 0 Å². The van der Waals surface area contributed by atoms with Gasteiger partial charge in [-0.3, -0.25) is 4.57 Å². The third-order valence-corrected chi connectivity index (χ3v) is 7.03. The highest BCUT2D eigenvalue weighted by atomic mass is 32.1. The second-order valence-electron chi connectivity index (χ2n) is 5.52. The maximum atomic E-state index is 12.7. The Bertz CT molecular complexity index is 752. The molecular weight excluding hydrogens is 333 g/mol. The minimum atomic E-state index is -3.22. The van der Waals surface area contributed by atoms with E-state index in [9.17, 15) is 4.57 Å². The Hall–Kier alpha value is -1.01. The summed E-state index contributed by atoms with van der Waals surface area (Å²) in [5.74, 6) is 0.905. The number of aryl methyl sites for hydroxylation is 2. The number of thiophene rings is 1. The minimum Gasteiger partial charge on any atom is -0.383 e. The Morgan fingerprint density at radius 1 is 1.17 bits per heavy atom. The molecule has 0 saturated carbocycles. The fourth-order valence-corrected chi connectivity index (χ4v) is 5.82. The van der Waals surface area contributed by atoms with Crippen molar-refractivity contribution in [1.29, 1.82) is 0 Å². The van der Waals surface area contributed by atoms with Gasteiger partial charge in [0.15, 0.2) is 0 Å². The number of rotatable bonds is 6. The maximum absolute atomic E-state index is 12.7. The predicted octanol–water partition coefficient (Wildman–Crippen LogP) is 3.92. The van der Waals surface area contributed by atoms with Crippen molar-refractivity contribution in [2.75, 3.05) is 18.9 Å². The lowest BCUT2D eigenvalue weighted by Crippen LogP contribution is -2.05. The first-order valence-corrected chi connectivity index (χ1v) is 10.6. The minimum absolute atomic E-state index is 0.0530. The monoisotopic (exact) mass is 355 g/mol. The Balaban J connectivity index is 1.98. The molecule has 23 heavy (non-hydrogen) atoms. The molecule has 0 radical (unpaired) electrons. The molecule has 2 heterocycles. The van der Waals surface area contributed by atoms with Crippen LogP contribution in [-0.4, -0.2) is 23.2 Å². The Labute approximate surface area is 140 Å². The highest BCUT2D eigenvalue weighted by Gasteiger charge is 2.27. The number of nitrogens with zero attached hydrogens (tertiary/aromatic N) is 2. The van der Waals surface area contributed by atoms with Crippen molar-refractivity contribution in [3.05, 3.63) is 16.3 Å². The van der Waals surface area contributed by atoms with Gasteiger partial charge in [0.25, 0.3) is 0 Å². The summed E-state index contributed by atoms with van der Waals surface area (Å²) in [6.45, 7) is 4.22. The van der Waals surface area contributed by atoms with Crippen LogP contribution in [0.2, 0.25) is 0 Å². The first-order valence-electron chi connectivity index (χ1n) is 8.01. The van der Waals surface area contributed by atoms with Crippen LogP contribution in [0.5, 0.6) is 0 Å². The van der Waals surface area contributed by atoms with Gasteiger partial charge in [0.1, 0.15) is 22.6 Å². The maximum Gasteiger partial charge on any atom is 0.338 e. The number of fused-ring (bicyclic) bond motifs is 3. The van der Waals surface area contributed by atoms with Gasteiger partial charge in [0, 0.05) is 4.88 Å². The molecule has 0 unspecified atom stereocenters. The van der Waals surface area contributed by atoms with Crippen molar-refractivity contribution in [3.8, 4) is 0 Å². The molecule has 0 aromatic carbocycles. The molecule has 1 aliphatic carbocycles. The zero-order chi connectivity index (χ0) is 16.4. The van der Waals surface area contributed by atoms with Crippen LogP contribution in [0.25, 0.3) is 10.2 Å². The molecule has 2 N–H and O–H groups in total. The van der Waals surface area contributed by atoms with Crippen LogP contribution >= 0.6 is 18.9 Å². The van der Waals surface area contributed by atoms with Gasteiger partial charge in [-0.05, 0) is 45.1 Å². The molecule has 8 heteroatoms. The number of aromatic nitrogens is 2. The van der Waals surface area contributed by atoms with Crippen molar-refractivity contribution in [3.63, 3.8) is 0 Å². The van der Waals surface area contributed by atoms with Gasteiger partial charge in [0.2, 0.25) is 0 Å². The highest BCUT2D eigenvalue weighted by molar-refractivity contribution is 7.53. The summed E-state index contributed by atoms with van der Waals surface area (Å²) in [4.78, 5) is 11.2. The van der Waals surface area contributed by atoms with Crippen LogP contribution in [-0.2, 0) is 32.6 Å². The van der Waals surface area contributed by atoms with Crippen LogP contribution in [0, 0.1) is 0 Å². The summed E-state index contributed by atoms with van der Waals surface area (Å²) in [6.07, 6.45) is 4.57. The molecule has 2 aromatic heterocycles. The van der Waals surface area contributed by atoms with E-state index in [1.165, 1.54) is 23.3 Å². The lowest BCUT2D eigenvalue weighted by molar-refractivity contribution is 0.218. The zero-order valence-electron chi connectivity index (χ0n) is 13.5. The van der Waals surface area contributed by atoms with Gasteiger partial charge >= 0.3 is 7.60 Å². The fraction of sp³-hybridized carbons (Fsp3) is 0.600. The Morgan fingerprint density at radius 2 is 1.87 bits per heavy atom. The van der Waals surface area contributed by atoms with Crippen molar-refractivity contribution in [1.82, 2.24) is 9.97 Å². The number of hydrogen-bond donors (Lipinski definition) is 1. The summed E-state index contributed by atoms with van der Waals surface area (Å²) < 4.78 is 23.3. The lowest BCUT2D eigenvalue weighted by Gasteiger charge is -2.16. The smallest absolute Gasteiger partial charge is 0.338 e. The van der Waals surface area contributed by atoms with Crippen LogP contribution in [0.3, 0.4) is 0 Å². The molecule has 0 amide bonds. The zero-order valence-corrected chi connectivity index (χ0v) is 15.2. The molecule has 0 spiro atoms. The van der Waals surface area contributed by atoms with Crippen molar-refractivity contribution < 1.29 is 13.6 Å². The molecule has 2 aromatic rings. The van der Waals surface area contributed by atoms with E-state index in [2.05, 4.69) is 9.97 Å². The van der Waals surface area contributed by atoms with Gasteiger partial charge in [-0.2, -0.15) is 0 Å². The topological polar surface area (TPSA) is 87.3 Å². The van der Waals surface area contributed by atoms with E-state index in [0.717, 1.165) is 23.1 Å². The summed E-state index contributed by atoms with van der Waals surface area (Å²) in [7, 11) is -3.22. The van der Waals surface area contributed by atoms with Crippen LogP contribution < -0.4 is 5.73 Å². The average molecular weight is 355 g/mol. The fourth-order valence-electron chi connectivity index (χ4n) is 3.00. The molecule has 126 valence electrons. The van der Waals surface area contributed by atoms with Gasteiger partial charge in [-0.15, -0.1) is 11.3 Å². The summed E-state index contributed by atoms with van der Waals surface area (Å²) in [5, 5.41) is 0.983. The van der Waals surface area contributed by atoms with Crippen molar-refractivity contribution in [2.45, 2.75) is 45.7 Å². The van der Waals surface area contributed by atoms with Crippen molar-refractivity contribution >= 4 is 35.0 Å². The van der Waals surface area contributed by atoms with Gasteiger partial charge in [-0.25, -0.2) is 9.97 Å². The molecule has 0 fully saturated rings. The molecule has 0 saturated heterocycles. The van der Waals surface area contributed by atoms with Gasteiger partial charge in [0.05, 0.1) is 18.6 Å². The van der Waals surface area contributed by atoms with E-state index in [4.69, 9.17) is 14.8 Å². The highest BCUT2D eigenvalue weighted by Crippen LogP contribution is 2.51. The molecular formula is C15H22N3O3PS. The van der Waals surface area contributed by atoms with Crippen LogP contribution in [0.4, 0.5) is 5.82 Å². The van der Waals surface area contributed by atoms with Gasteiger partial charge in [-0.1, -0.05) is 0 Å². The quantitative estimate of drug-likeness (QED) is 0.790. The van der Waals surface area contributed by atoms with E-state index >= 15 is 0 Å². The Kier molecular flexibility index (Phi) is 5.01. The number of anilines is 1. The van der Waals surface area contributed by atoms with E-state index < -0.39 is 7.60 Å². The average Bonchev–Trinajstić information content (AvgIpc) is 2.85.